The summed E-state index contributed by atoms with van der Waals surface area (Å²) in [7, 11) is 1.82. The van der Waals surface area contributed by atoms with Gasteiger partial charge in [-0.2, -0.15) is 0 Å². The Hall–Kier alpha value is -2.04. The molecule has 2 aliphatic heterocycles. The van der Waals surface area contributed by atoms with E-state index in [4.69, 9.17) is 9.47 Å². The molecule has 2 N–H and O–H groups in total. The Morgan fingerprint density at radius 3 is 2.61 bits per heavy atom. The van der Waals surface area contributed by atoms with Crippen LogP contribution in [0.1, 0.15) is 12.0 Å². The first-order chi connectivity index (χ1) is 15.8. The van der Waals surface area contributed by atoms with Gasteiger partial charge in [-0.1, -0.05) is 36.4 Å². The fraction of sp³-hybridized carbons (Fsp3) is 0.480. The number of anilines is 1. The third kappa shape index (κ3) is 7.75. The third-order valence-electron chi connectivity index (χ3n) is 6.06. The van der Waals surface area contributed by atoms with Gasteiger partial charge in [-0.15, -0.1) is 24.0 Å². The molecular weight excluding hydrogens is 529 g/mol. The van der Waals surface area contributed by atoms with Gasteiger partial charge in [-0.05, 0) is 24.6 Å². The lowest BCUT2D eigenvalue weighted by Gasteiger charge is -2.26. The van der Waals surface area contributed by atoms with Crippen LogP contribution < -0.4 is 20.3 Å². The molecule has 7 nitrogen and oxygen atoms in total. The number of rotatable bonds is 8. The lowest BCUT2D eigenvalue weighted by Crippen LogP contribution is -2.44. The maximum Gasteiger partial charge on any atom is 0.191 e. The normalized spacial score (nSPS) is 19.1. The molecule has 0 aliphatic carbocycles. The number of nitrogens with zero attached hydrogens (tertiary/aromatic N) is 3. The molecule has 2 fully saturated rings. The smallest absolute Gasteiger partial charge is 0.191 e. The number of halogens is 1. The first-order valence-corrected chi connectivity index (χ1v) is 11.6. The van der Waals surface area contributed by atoms with Gasteiger partial charge in [0.1, 0.15) is 12.4 Å². The van der Waals surface area contributed by atoms with Crippen molar-refractivity contribution in [2.75, 3.05) is 64.5 Å². The van der Waals surface area contributed by atoms with Crippen LogP contribution in [0, 0.1) is 0 Å². The lowest BCUT2D eigenvalue weighted by atomic mass is 10.2. The minimum absolute atomic E-state index is 0. The topological polar surface area (TPSA) is 61.4 Å². The van der Waals surface area contributed by atoms with Gasteiger partial charge in [0.25, 0.3) is 0 Å². The maximum atomic E-state index is 6.11. The molecule has 0 spiro atoms. The highest BCUT2D eigenvalue weighted by Crippen LogP contribution is 2.20. The molecule has 0 amide bonds. The molecule has 2 saturated heterocycles. The van der Waals surface area contributed by atoms with Crippen LogP contribution in [0.3, 0.4) is 0 Å². The van der Waals surface area contributed by atoms with Gasteiger partial charge in [-0.3, -0.25) is 9.89 Å². The molecule has 2 aromatic carbocycles. The van der Waals surface area contributed by atoms with E-state index in [2.05, 4.69) is 67.9 Å². The maximum absolute atomic E-state index is 6.11. The quantitative estimate of drug-likeness (QED) is 0.292. The molecule has 0 radical (unpaired) electrons. The van der Waals surface area contributed by atoms with Crippen molar-refractivity contribution in [3.8, 4) is 5.75 Å². The Morgan fingerprint density at radius 1 is 1.06 bits per heavy atom. The van der Waals surface area contributed by atoms with Gasteiger partial charge in [0.05, 0.1) is 13.2 Å². The number of ether oxygens (including phenoxy) is 2. The van der Waals surface area contributed by atoms with Gasteiger partial charge in [0, 0.05) is 63.6 Å². The average Bonchev–Trinajstić information content (AvgIpc) is 3.32. The van der Waals surface area contributed by atoms with Gasteiger partial charge in [0.2, 0.25) is 0 Å². The summed E-state index contributed by atoms with van der Waals surface area (Å²) in [5, 5.41) is 7.04. The molecule has 0 bridgehead atoms. The Bertz CT molecular complexity index is 861. The van der Waals surface area contributed by atoms with Gasteiger partial charge < -0.3 is 25.0 Å². The fourth-order valence-electron chi connectivity index (χ4n) is 4.22. The lowest BCUT2D eigenvalue weighted by molar-refractivity contribution is 0.0322. The van der Waals surface area contributed by atoms with Crippen LogP contribution in [0.15, 0.2) is 59.6 Å². The van der Waals surface area contributed by atoms with Crippen LogP contribution in [0.5, 0.6) is 5.75 Å². The van der Waals surface area contributed by atoms with E-state index in [0.29, 0.717) is 19.2 Å². The second-order valence-electron chi connectivity index (χ2n) is 8.25. The van der Waals surface area contributed by atoms with Crippen molar-refractivity contribution in [3.63, 3.8) is 0 Å². The van der Waals surface area contributed by atoms with Gasteiger partial charge in [0.15, 0.2) is 5.96 Å². The van der Waals surface area contributed by atoms with Crippen LogP contribution in [0.25, 0.3) is 0 Å². The van der Waals surface area contributed by atoms with Crippen LogP contribution in [-0.2, 0) is 11.3 Å². The Balaban J connectivity index is 0.00000306. The van der Waals surface area contributed by atoms with Gasteiger partial charge >= 0.3 is 0 Å². The monoisotopic (exact) mass is 565 g/mol. The van der Waals surface area contributed by atoms with E-state index < -0.39 is 0 Å². The minimum Gasteiger partial charge on any atom is -0.492 e. The number of nitrogens with one attached hydrogen (secondary N) is 2. The first kappa shape index (κ1) is 25.6. The molecule has 2 aromatic rings. The molecule has 2 aliphatic rings. The zero-order chi connectivity index (χ0) is 22.0. The summed E-state index contributed by atoms with van der Waals surface area (Å²) in [6.45, 7) is 7.91. The average molecular weight is 566 g/mol. The summed E-state index contributed by atoms with van der Waals surface area (Å²) < 4.78 is 11.5. The molecule has 180 valence electrons. The Labute approximate surface area is 214 Å². The number of guanidine groups is 1. The van der Waals surface area contributed by atoms with Crippen molar-refractivity contribution < 1.29 is 9.47 Å². The van der Waals surface area contributed by atoms with E-state index in [-0.39, 0.29) is 24.0 Å². The summed E-state index contributed by atoms with van der Waals surface area (Å²) >= 11 is 0. The summed E-state index contributed by atoms with van der Waals surface area (Å²) in [5.74, 6) is 1.76. The highest BCUT2D eigenvalue weighted by atomic mass is 127. The van der Waals surface area contributed by atoms with E-state index in [1.54, 1.807) is 0 Å². The molecular formula is C25H36IN5O2. The Morgan fingerprint density at radius 2 is 1.82 bits per heavy atom. The largest absolute Gasteiger partial charge is 0.492 e. The highest BCUT2D eigenvalue weighted by molar-refractivity contribution is 14.0. The second-order valence-corrected chi connectivity index (χ2v) is 8.25. The number of hydrogen-bond donors (Lipinski definition) is 2. The predicted molar refractivity (Wildman–Crippen MR) is 145 cm³/mol. The summed E-state index contributed by atoms with van der Waals surface area (Å²) in [4.78, 5) is 9.24. The fourth-order valence-corrected chi connectivity index (χ4v) is 4.22. The number of morpholine rings is 1. The number of aliphatic imine (C=N–C) groups is 1. The molecule has 1 unspecified atom stereocenters. The minimum atomic E-state index is 0. The van der Waals surface area contributed by atoms with Crippen LogP contribution in [-0.4, -0.2) is 76.5 Å². The standard InChI is InChI=1S/C25H35N5O2.HI/c1-26-25(28-22-11-12-30(20-22)23-8-3-2-4-9-23)27-19-21-7-5-6-10-24(21)32-18-15-29-13-16-31-17-14-29;/h2-10,22H,11-20H2,1H3,(H2,26,27,28);1H. The predicted octanol–water partition coefficient (Wildman–Crippen LogP) is 2.96. The van der Waals surface area contributed by atoms with E-state index in [1.165, 1.54) is 5.69 Å². The molecule has 0 aromatic heterocycles. The zero-order valence-electron chi connectivity index (χ0n) is 19.4. The highest BCUT2D eigenvalue weighted by Gasteiger charge is 2.23. The zero-order valence-corrected chi connectivity index (χ0v) is 21.7. The van der Waals surface area contributed by atoms with E-state index in [1.807, 2.05) is 19.2 Å². The second kappa shape index (κ2) is 13.6. The van der Waals surface area contributed by atoms with E-state index in [9.17, 15) is 0 Å². The van der Waals surface area contributed by atoms with Crippen LogP contribution in [0.2, 0.25) is 0 Å². The molecule has 33 heavy (non-hydrogen) atoms. The SMILES string of the molecule is CN=C(NCc1ccccc1OCCN1CCOCC1)NC1CCN(c2ccccc2)C1.I. The number of hydrogen-bond acceptors (Lipinski definition) is 5. The summed E-state index contributed by atoms with van der Waals surface area (Å²) in [6.07, 6.45) is 1.09. The van der Waals surface area contributed by atoms with Crippen molar-refractivity contribution in [2.45, 2.75) is 19.0 Å². The van der Waals surface area contributed by atoms with Gasteiger partial charge in [-0.25, -0.2) is 0 Å². The van der Waals surface area contributed by atoms with Crippen molar-refractivity contribution in [1.82, 2.24) is 15.5 Å². The third-order valence-corrected chi connectivity index (χ3v) is 6.06. The summed E-state index contributed by atoms with van der Waals surface area (Å²) in [6, 6.07) is 19.2. The van der Waals surface area contributed by atoms with E-state index >= 15 is 0 Å². The van der Waals surface area contributed by atoms with Crippen molar-refractivity contribution >= 4 is 35.6 Å². The molecule has 0 saturated carbocycles. The number of benzene rings is 2. The molecule has 1 atom stereocenters. The van der Waals surface area contributed by atoms with Crippen LogP contribution >= 0.6 is 24.0 Å². The van der Waals surface area contributed by atoms with Crippen molar-refractivity contribution in [1.29, 1.82) is 0 Å². The van der Waals surface area contributed by atoms with Crippen LogP contribution in [0.4, 0.5) is 5.69 Å². The molecule has 4 rings (SSSR count). The van der Waals surface area contributed by atoms with Crippen molar-refractivity contribution in [2.24, 2.45) is 4.99 Å². The molecule has 2 heterocycles. The number of para-hydroxylation sites is 2. The summed E-state index contributed by atoms with van der Waals surface area (Å²) in [5.41, 5.74) is 2.41. The van der Waals surface area contributed by atoms with Crippen molar-refractivity contribution in [3.05, 3.63) is 60.2 Å². The molecule has 8 heteroatoms. The Kier molecular flexibility index (Phi) is 10.6. The van der Waals surface area contributed by atoms with E-state index in [0.717, 1.165) is 69.6 Å². The first-order valence-electron chi connectivity index (χ1n) is 11.6.